The smallest absolute Gasteiger partial charge is 0.363 e. The molecule has 2 aliphatic heterocycles. The molecule has 0 bridgehead atoms. The lowest BCUT2D eigenvalue weighted by Crippen LogP contribution is -2.05. The number of nitrogens with zero attached hydrogens (tertiary/aromatic N) is 1. The van der Waals surface area contributed by atoms with Gasteiger partial charge in [-0.3, -0.25) is 0 Å². The van der Waals surface area contributed by atoms with Crippen LogP contribution in [0.3, 0.4) is 0 Å². The molecule has 0 saturated carbocycles. The van der Waals surface area contributed by atoms with Gasteiger partial charge in [0.25, 0.3) is 0 Å². The number of ether oxygens (including phenoxy) is 3. The molecule has 0 unspecified atom stereocenters. The van der Waals surface area contributed by atoms with Crippen molar-refractivity contribution in [1.82, 2.24) is 0 Å². The van der Waals surface area contributed by atoms with Crippen LogP contribution >= 0.6 is 34.2 Å². The molecule has 120 valence electrons. The van der Waals surface area contributed by atoms with E-state index in [0.717, 1.165) is 9.13 Å². The highest BCUT2D eigenvalue weighted by Crippen LogP contribution is 2.38. The third-order valence-corrected chi connectivity index (χ3v) is 4.54. The molecule has 0 aliphatic carbocycles. The normalized spacial score (nSPS) is 17.2. The summed E-state index contributed by atoms with van der Waals surface area (Å²) in [5.74, 6) is 0.926. The topological polar surface area (TPSA) is 57.1 Å². The van der Waals surface area contributed by atoms with Crippen LogP contribution in [0, 0.1) is 3.57 Å². The fraction of sp³-hybridized carbons (Fsp3) is 0.0588. The number of cyclic esters (lactones) is 1. The predicted octanol–water partition coefficient (Wildman–Crippen LogP) is 4.02. The Morgan fingerprint density at radius 2 is 1.83 bits per heavy atom. The average Bonchev–Trinajstić information content (AvgIpc) is 3.15. The van der Waals surface area contributed by atoms with Crippen molar-refractivity contribution in [2.75, 3.05) is 6.79 Å². The first-order valence-corrected chi connectivity index (χ1v) is 8.43. The van der Waals surface area contributed by atoms with E-state index in [0.29, 0.717) is 22.1 Å². The van der Waals surface area contributed by atoms with Crippen molar-refractivity contribution in [3.05, 3.63) is 61.8 Å². The zero-order chi connectivity index (χ0) is 16.7. The van der Waals surface area contributed by atoms with Crippen LogP contribution < -0.4 is 9.47 Å². The van der Waals surface area contributed by atoms with E-state index in [9.17, 15) is 4.79 Å². The second-order valence-corrected chi connectivity index (χ2v) is 6.72. The van der Waals surface area contributed by atoms with Gasteiger partial charge in [0.1, 0.15) is 0 Å². The van der Waals surface area contributed by atoms with Gasteiger partial charge in [-0.2, -0.15) is 0 Å². The lowest BCUT2D eigenvalue weighted by Gasteiger charge is -2.01. The van der Waals surface area contributed by atoms with Gasteiger partial charge >= 0.3 is 5.97 Å². The fourth-order valence-electron chi connectivity index (χ4n) is 2.32. The second-order valence-electron chi connectivity index (χ2n) is 5.07. The first kappa shape index (κ1) is 15.5. The van der Waals surface area contributed by atoms with E-state index in [2.05, 4.69) is 27.6 Å². The molecule has 0 spiro atoms. The van der Waals surface area contributed by atoms with Gasteiger partial charge in [-0.05, 0) is 64.6 Å². The molecule has 7 heteroatoms. The molecule has 2 aliphatic rings. The maximum absolute atomic E-state index is 12.1. The van der Waals surface area contributed by atoms with Crippen molar-refractivity contribution in [3.63, 3.8) is 0 Å². The van der Waals surface area contributed by atoms with E-state index in [-0.39, 0.29) is 18.4 Å². The summed E-state index contributed by atoms with van der Waals surface area (Å²) in [6.45, 7) is 0.156. The lowest BCUT2D eigenvalue weighted by molar-refractivity contribution is -0.129. The van der Waals surface area contributed by atoms with E-state index in [1.165, 1.54) is 0 Å². The summed E-state index contributed by atoms with van der Waals surface area (Å²) in [5, 5.41) is 0.442. The van der Waals surface area contributed by atoms with Crippen LogP contribution in [0.2, 0.25) is 5.02 Å². The monoisotopic (exact) mass is 453 g/mol. The highest BCUT2D eigenvalue weighted by molar-refractivity contribution is 14.1. The van der Waals surface area contributed by atoms with Crippen molar-refractivity contribution in [2.45, 2.75) is 0 Å². The number of hydrogen-bond acceptors (Lipinski definition) is 5. The number of carbonyl (C=O) groups excluding carboxylic acids is 1. The SMILES string of the molecule is O=C1OC(c2ccc(I)cc2)=N/C1=C/c1cc2c(cc1Cl)OCO2. The quantitative estimate of drug-likeness (QED) is 0.392. The molecule has 0 N–H and O–H groups in total. The molecular weight excluding hydrogens is 445 g/mol. The molecule has 4 rings (SSSR count). The molecule has 24 heavy (non-hydrogen) atoms. The van der Waals surface area contributed by atoms with Crippen LogP contribution in [0.25, 0.3) is 6.08 Å². The zero-order valence-electron chi connectivity index (χ0n) is 12.1. The van der Waals surface area contributed by atoms with Crippen molar-refractivity contribution in [2.24, 2.45) is 4.99 Å². The molecule has 0 radical (unpaired) electrons. The van der Waals surface area contributed by atoms with Crippen LogP contribution in [-0.4, -0.2) is 18.7 Å². The van der Waals surface area contributed by atoms with E-state index in [1.807, 2.05) is 24.3 Å². The number of rotatable bonds is 2. The van der Waals surface area contributed by atoms with E-state index >= 15 is 0 Å². The van der Waals surface area contributed by atoms with Gasteiger partial charge in [0, 0.05) is 15.2 Å². The Balaban J connectivity index is 1.70. The molecule has 0 amide bonds. The predicted molar refractivity (Wildman–Crippen MR) is 97.3 cm³/mol. The number of benzene rings is 2. The number of aliphatic imine (C=N–C) groups is 1. The van der Waals surface area contributed by atoms with E-state index < -0.39 is 5.97 Å². The minimum absolute atomic E-state index is 0.156. The Morgan fingerprint density at radius 1 is 1.12 bits per heavy atom. The molecule has 0 fully saturated rings. The molecule has 0 saturated heterocycles. The first-order chi connectivity index (χ1) is 11.6. The van der Waals surface area contributed by atoms with Crippen molar-refractivity contribution >= 4 is 52.1 Å². The molecule has 5 nitrogen and oxygen atoms in total. The maximum Gasteiger partial charge on any atom is 0.363 e. The molecular formula is C17H9ClINO4. The largest absolute Gasteiger partial charge is 0.454 e. The zero-order valence-corrected chi connectivity index (χ0v) is 15.0. The lowest BCUT2D eigenvalue weighted by atomic mass is 10.1. The summed E-state index contributed by atoms with van der Waals surface area (Å²) in [4.78, 5) is 16.3. The fourth-order valence-corrected chi connectivity index (χ4v) is 2.88. The van der Waals surface area contributed by atoms with Crippen LogP contribution in [-0.2, 0) is 9.53 Å². The van der Waals surface area contributed by atoms with Gasteiger partial charge in [0.2, 0.25) is 12.7 Å². The van der Waals surface area contributed by atoms with Crippen molar-refractivity contribution in [3.8, 4) is 11.5 Å². The number of halogens is 2. The molecule has 2 aromatic rings. The highest BCUT2D eigenvalue weighted by atomic mass is 127. The summed E-state index contributed by atoms with van der Waals surface area (Å²) >= 11 is 8.43. The van der Waals surface area contributed by atoms with Crippen LogP contribution in [0.5, 0.6) is 11.5 Å². The molecule has 0 atom stereocenters. The Bertz CT molecular complexity index is 906. The summed E-state index contributed by atoms with van der Waals surface area (Å²) in [5.41, 5.74) is 1.54. The number of carbonyl (C=O) groups is 1. The number of fused-ring (bicyclic) bond motifs is 1. The Labute approximate surface area is 156 Å². The number of esters is 1. The van der Waals surface area contributed by atoms with Gasteiger partial charge in [-0.1, -0.05) is 11.6 Å². The Kier molecular flexibility index (Phi) is 3.93. The van der Waals surface area contributed by atoms with E-state index in [4.69, 9.17) is 25.8 Å². The maximum atomic E-state index is 12.1. The summed E-state index contributed by atoms with van der Waals surface area (Å²) in [6.07, 6.45) is 1.58. The van der Waals surface area contributed by atoms with Gasteiger partial charge in [-0.15, -0.1) is 0 Å². The van der Waals surface area contributed by atoms with Crippen LogP contribution in [0.15, 0.2) is 47.1 Å². The minimum Gasteiger partial charge on any atom is -0.454 e. The summed E-state index contributed by atoms with van der Waals surface area (Å²) in [6, 6.07) is 10.9. The third kappa shape index (κ3) is 2.87. The average molecular weight is 454 g/mol. The standard InChI is InChI=1S/C17H9ClINO4/c18-12-7-15-14(22-8-23-15)6-10(12)5-13-17(21)24-16(20-13)9-1-3-11(19)4-2-9/h1-7H,8H2/b13-5+. The molecule has 0 aromatic heterocycles. The van der Waals surface area contributed by atoms with Crippen molar-refractivity contribution in [1.29, 1.82) is 0 Å². The third-order valence-electron chi connectivity index (χ3n) is 3.50. The summed E-state index contributed by atoms with van der Waals surface area (Å²) in [7, 11) is 0. The van der Waals surface area contributed by atoms with E-state index in [1.54, 1.807) is 18.2 Å². The Hall–Kier alpha value is -2.06. The highest BCUT2D eigenvalue weighted by Gasteiger charge is 2.25. The van der Waals surface area contributed by atoms with Crippen molar-refractivity contribution < 1.29 is 19.0 Å². The van der Waals surface area contributed by atoms with Gasteiger partial charge in [0.15, 0.2) is 17.2 Å². The molecule has 2 aromatic carbocycles. The first-order valence-electron chi connectivity index (χ1n) is 6.98. The number of hydrogen-bond donors (Lipinski definition) is 0. The van der Waals surface area contributed by atoms with Gasteiger partial charge < -0.3 is 14.2 Å². The molecule has 2 heterocycles. The summed E-state index contributed by atoms with van der Waals surface area (Å²) < 4.78 is 16.9. The minimum atomic E-state index is -0.516. The Morgan fingerprint density at radius 3 is 2.58 bits per heavy atom. The van der Waals surface area contributed by atoms with Gasteiger partial charge in [-0.25, -0.2) is 9.79 Å². The van der Waals surface area contributed by atoms with Crippen LogP contribution in [0.1, 0.15) is 11.1 Å². The second kappa shape index (κ2) is 6.10. The van der Waals surface area contributed by atoms with Crippen LogP contribution in [0.4, 0.5) is 0 Å². The van der Waals surface area contributed by atoms with Gasteiger partial charge in [0.05, 0.1) is 5.02 Å².